The third-order valence-electron chi connectivity index (χ3n) is 6.89. The molecule has 3 saturated heterocycles. The van der Waals surface area contributed by atoms with E-state index < -0.39 is 34.3 Å². The molecule has 35 heavy (non-hydrogen) atoms. The third kappa shape index (κ3) is 4.30. The number of hydrogen-bond acceptors (Lipinski definition) is 9. The first-order chi connectivity index (χ1) is 16.8. The maximum absolute atomic E-state index is 11.8. The first-order valence-electron chi connectivity index (χ1n) is 11.4. The number of ether oxygens (including phenoxy) is 3. The smallest absolute Gasteiger partial charge is 0.296 e. The number of H-pyrrole nitrogens is 1. The van der Waals surface area contributed by atoms with Gasteiger partial charge in [-0.2, -0.15) is 4.98 Å². The zero-order valence-electron chi connectivity index (χ0n) is 18.5. The van der Waals surface area contributed by atoms with Gasteiger partial charge in [0, 0.05) is 11.5 Å². The standard InChI is InChI=1S/C23H24ClN3O7S/c24-14-7-15-22(27-23(25-15)34-18-9-33-20-16(28)8-32-21(18)20)26-19(14)12-3-1-11(2-4-12)13-5-6-35(30,31)10-17(13)29/h1-4,7,13,16-18,20-21,28-29H,5-6,8-10H2,(H,25,26,27). The average Bonchev–Trinajstić information content (AvgIpc) is 3.50. The Morgan fingerprint density at radius 2 is 1.83 bits per heavy atom. The molecule has 186 valence electrons. The third-order valence-corrected chi connectivity index (χ3v) is 8.89. The number of hydrogen-bond donors (Lipinski definition) is 3. The van der Waals surface area contributed by atoms with E-state index in [2.05, 4.69) is 15.0 Å². The lowest BCUT2D eigenvalue weighted by Crippen LogP contribution is -2.35. The quantitative estimate of drug-likeness (QED) is 0.464. The molecular weight excluding hydrogens is 498 g/mol. The van der Waals surface area contributed by atoms with Gasteiger partial charge in [0.15, 0.2) is 21.6 Å². The molecule has 3 N–H and O–H groups in total. The summed E-state index contributed by atoms with van der Waals surface area (Å²) in [6, 6.07) is 9.44. The molecule has 3 aromatic rings. The van der Waals surface area contributed by atoms with Gasteiger partial charge in [-0.3, -0.25) is 0 Å². The molecule has 3 aliphatic rings. The fourth-order valence-corrected chi connectivity index (χ4v) is 6.87. The van der Waals surface area contributed by atoms with Gasteiger partial charge in [0.25, 0.3) is 6.01 Å². The Bertz CT molecular complexity index is 1360. The SMILES string of the molecule is O=S1(=O)CCC(c2ccc(-c3nc4nc(OC5COC6C(O)COC56)[nH]c4cc3Cl)cc2)C(O)C1. The van der Waals surface area contributed by atoms with Crippen LogP contribution in [0.4, 0.5) is 0 Å². The van der Waals surface area contributed by atoms with Gasteiger partial charge in [-0.25, -0.2) is 13.4 Å². The lowest BCUT2D eigenvalue weighted by atomic mass is 9.90. The van der Waals surface area contributed by atoms with Crippen molar-refractivity contribution < 1.29 is 32.8 Å². The molecule has 3 fully saturated rings. The van der Waals surface area contributed by atoms with Crippen LogP contribution < -0.4 is 4.74 Å². The molecule has 0 radical (unpaired) electrons. The van der Waals surface area contributed by atoms with Crippen LogP contribution in [0.1, 0.15) is 17.9 Å². The number of aliphatic hydroxyl groups excluding tert-OH is 2. The number of pyridine rings is 1. The topological polar surface area (TPSA) is 144 Å². The number of benzene rings is 1. The summed E-state index contributed by atoms with van der Waals surface area (Å²) in [5.41, 5.74) is 3.23. The molecule has 5 heterocycles. The lowest BCUT2D eigenvalue weighted by molar-refractivity contribution is 0.00706. The number of fused-ring (bicyclic) bond motifs is 2. The summed E-state index contributed by atoms with van der Waals surface area (Å²) < 4.78 is 40.6. The van der Waals surface area contributed by atoms with Crippen LogP contribution in [-0.4, -0.2) is 88.8 Å². The van der Waals surface area contributed by atoms with E-state index in [-0.39, 0.29) is 42.8 Å². The minimum atomic E-state index is -3.19. The second kappa shape index (κ2) is 8.68. The predicted octanol–water partition coefficient (Wildman–Crippen LogP) is 1.45. The summed E-state index contributed by atoms with van der Waals surface area (Å²) in [4.78, 5) is 12.1. The Morgan fingerprint density at radius 1 is 1.06 bits per heavy atom. The normalized spacial score (nSPS) is 32.1. The van der Waals surface area contributed by atoms with E-state index in [0.29, 0.717) is 28.3 Å². The van der Waals surface area contributed by atoms with E-state index in [1.807, 2.05) is 24.3 Å². The molecule has 0 bridgehead atoms. The summed E-state index contributed by atoms with van der Waals surface area (Å²) in [7, 11) is -3.19. The van der Waals surface area contributed by atoms with E-state index in [9.17, 15) is 18.6 Å². The molecule has 0 saturated carbocycles. The van der Waals surface area contributed by atoms with Gasteiger partial charge in [-0.1, -0.05) is 35.9 Å². The maximum atomic E-state index is 11.8. The fourth-order valence-electron chi connectivity index (χ4n) is 5.08. The van der Waals surface area contributed by atoms with Crippen molar-refractivity contribution in [3.63, 3.8) is 0 Å². The van der Waals surface area contributed by atoms with Crippen LogP contribution in [-0.2, 0) is 19.3 Å². The number of imidazole rings is 1. The first-order valence-corrected chi connectivity index (χ1v) is 13.6. The van der Waals surface area contributed by atoms with Crippen molar-refractivity contribution in [3.8, 4) is 17.3 Å². The van der Waals surface area contributed by atoms with Crippen LogP contribution in [0.15, 0.2) is 30.3 Å². The summed E-state index contributed by atoms with van der Waals surface area (Å²) >= 11 is 6.52. The summed E-state index contributed by atoms with van der Waals surface area (Å²) in [6.07, 6.45) is -2.34. The molecule has 2 aromatic heterocycles. The number of aliphatic hydroxyl groups is 2. The molecule has 10 nitrogen and oxygen atoms in total. The van der Waals surface area contributed by atoms with Crippen LogP contribution in [0, 0.1) is 0 Å². The van der Waals surface area contributed by atoms with Crippen LogP contribution in [0.2, 0.25) is 5.02 Å². The number of sulfone groups is 1. The van der Waals surface area contributed by atoms with Gasteiger partial charge in [0.05, 0.1) is 47.1 Å². The highest BCUT2D eigenvalue weighted by Gasteiger charge is 2.48. The Labute approximate surface area is 206 Å². The monoisotopic (exact) mass is 521 g/mol. The van der Waals surface area contributed by atoms with E-state index in [0.717, 1.165) is 11.1 Å². The Hall–Kier alpha value is -2.28. The minimum absolute atomic E-state index is 0.0746. The number of rotatable bonds is 4. The number of nitrogens with zero attached hydrogens (tertiary/aromatic N) is 2. The zero-order chi connectivity index (χ0) is 24.3. The number of halogens is 1. The lowest BCUT2D eigenvalue weighted by Gasteiger charge is -2.28. The van der Waals surface area contributed by atoms with Crippen molar-refractivity contribution >= 4 is 32.6 Å². The Balaban J connectivity index is 1.22. The average molecular weight is 522 g/mol. The summed E-state index contributed by atoms with van der Waals surface area (Å²) in [5.74, 6) is -0.368. The second-order valence-corrected chi connectivity index (χ2v) is 11.9. The molecule has 1 aromatic carbocycles. The van der Waals surface area contributed by atoms with Crippen molar-refractivity contribution in [2.45, 2.75) is 42.9 Å². The van der Waals surface area contributed by atoms with Crippen molar-refractivity contribution in [2.24, 2.45) is 0 Å². The summed E-state index contributed by atoms with van der Waals surface area (Å²) in [6.45, 7) is 0.504. The predicted molar refractivity (Wildman–Crippen MR) is 126 cm³/mol. The van der Waals surface area contributed by atoms with Gasteiger partial charge in [0.1, 0.15) is 18.3 Å². The zero-order valence-corrected chi connectivity index (χ0v) is 20.1. The highest BCUT2D eigenvalue weighted by Crippen LogP contribution is 2.34. The van der Waals surface area contributed by atoms with Gasteiger partial charge in [0.2, 0.25) is 0 Å². The number of aromatic nitrogens is 3. The molecular formula is C23H24ClN3O7S. The van der Waals surface area contributed by atoms with Crippen molar-refractivity contribution in [2.75, 3.05) is 24.7 Å². The van der Waals surface area contributed by atoms with Gasteiger partial charge < -0.3 is 29.4 Å². The maximum Gasteiger partial charge on any atom is 0.296 e. The number of nitrogens with one attached hydrogen (secondary N) is 1. The van der Waals surface area contributed by atoms with E-state index in [1.165, 1.54) is 0 Å². The highest BCUT2D eigenvalue weighted by atomic mass is 35.5. The van der Waals surface area contributed by atoms with Crippen molar-refractivity contribution in [1.29, 1.82) is 0 Å². The van der Waals surface area contributed by atoms with Crippen LogP contribution in [0.3, 0.4) is 0 Å². The van der Waals surface area contributed by atoms with Crippen LogP contribution >= 0.6 is 11.6 Å². The van der Waals surface area contributed by atoms with E-state index in [1.54, 1.807) is 6.07 Å². The first kappa shape index (κ1) is 23.1. The molecule has 0 spiro atoms. The van der Waals surface area contributed by atoms with Crippen molar-refractivity contribution in [1.82, 2.24) is 15.0 Å². The van der Waals surface area contributed by atoms with Gasteiger partial charge >= 0.3 is 0 Å². The van der Waals surface area contributed by atoms with Crippen molar-refractivity contribution in [3.05, 3.63) is 40.9 Å². The summed E-state index contributed by atoms with van der Waals surface area (Å²) in [5, 5.41) is 20.6. The van der Waals surface area contributed by atoms with Crippen LogP contribution in [0.5, 0.6) is 6.01 Å². The second-order valence-electron chi connectivity index (χ2n) is 9.25. The molecule has 3 aliphatic heterocycles. The van der Waals surface area contributed by atoms with E-state index in [4.69, 9.17) is 25.8 Å². The molecule has 0 aliphatic carbocycles. The molecule has 0 amide bonds. The van der Waals surface area contributed by atoms with Gasteiger partial charge in [-0.15, -0.1) is 0 Å². The Kier molecular flexibility index (Phi) is 5.74. The fraction of sp³-hybridized carbons (Fsp3) is 0.478. The number of aromatic amines is 1. The van der Waals surface area contributed by atoms with Crippen LogP contribution in [0.25, 0.3) is 22.4 Å². The largest absolute Gasteiger partial charge is 0.456 e. The molecule has 12 heteroatoms. The Morgan fingerprint density at radius 3 is 2.60 bits per heavy atom. The molecule has 6 rings (SSSR count). The molecule has 6 atom stereocenters. The van der Waals surface area contributed by atoms with Gasteiger partial charge in [-0.05, 0) is 18.1 Å². The minimum Gasteiger partial charge on any atom is -0.456 e. The molecule has 6 unspecified atom stereocenters. The van der Waals surface area contributed by atoms with E-state index >= 15 is 0 Å². The highest BCUT2D eigenvalue weighted by molar-refractivity contribution is 7.91.